The van der Waals surface area contributed by atoms with Crippen molar-refractivity contribution in [2.75, 3.05) is 0 Å². The van der Waals surface area contributed by atoms with E-state index >= 15 is 0 Å². The molecule has 12 aromatic rings. The van der Waals surface area contributed by atoms with Crippen molar-refractivity contribution in [1.82, 2.24) is 0 Å². The van der Waals surface area contributed by atoms with E-state index < -0.39 is 21.4 Å². The fraction of sp³-hybridized carbons (Fsp3) is 0.155. The van der Waals surface area contributed by atoms with Gasteiger partial charge in [0, 0.05) is 65.3 Å². The number of furan rings is 4. The van der Waals surface area contributed by atoms with Crippen molar-refractivity contribution < 1.29 is 43.4 Å². The minimum Gasteiger partial charge on any atom is -0.456 e. The molecule has 0 bridgehead atoms. The van der Waals surface area contributed by atoms with Crippen molar-refractivity contribution in [3.05, 3.63) is 168 Å². The van der Waals surface area contributed by atoms with Crippen molar-refractivity contribution in [1.29, 1.82) is 0 Å². The number of nitrogens with zero attached hydrogens (tertiary/aromatic N) is 1. The molecule has 8 nitrogen and oxygen atoms in total. The molecular weight excluding hydrogens is 912 g/mol. The first kappa shape index (κ1) is 44.5. The Morgan fingerprint density at radius 3 is 1.39 bits per heavy atom. The number of fused-ring (bicyclic) bond motifs is 12. The van der Waals surface area contributed by atoms with Crippen molar-refractivity contribution in [3.63, 3.8) is 0 Å². The lowest BCUT2D eigenvalue weighted by Gasteiger charge is -2.18. The van der Waals surface area contributed by atoms with E-state index in [1.165, 1.54) is 17.7 Å². The number of halogens is 3. The number of alkyl halides is 3. The highest BCUT2D eigenvalue weighted by Crippen LogP contribution is 2.49. The van der Waals surface area contributed by atoms with Crippen LogP contribution in [0.2, 0.25) is 0 Å². The van der Waals surface area contributed by atoms with E-state index in [0.29, 0.717) is 44.4 Å². The van der Waals surface area contributed by atoms with Crippen molar-refractivity contribution in [2.24, 2.45) is 0 Å². The fourth-order valence-corrected chi connectivity index (χ4v) is 9.86. The van der Waals surface area contributed by atoms with E-state index in [2.05, 4.69) is 70.7 Å². The first-order valence-corrected chi connectivity index (χ1v) is 23.9. The first-order chi connectivity index (χ1) is 33.3. The largest absolute Gasteiger partial charge is 0.534 e. The van der Waals surface area contributed by atoms with E-state index in [1.807, 2.05) is 72.8 Å². The van der Waals surface area contributed by atoms with E-state index in [9.17, 15) is 21.6 Å². The van der Waals surface area contributed by atoms with Crippen molar-refractivity contribution >= 4 is 104 Å². The molecule has 0 amide bonds. The molecule has 12 heteroatoms. The third-order valence-corrected chi connectivity index (χ3v) is 13.9. The second-order valence-electron chi connectivity index (χ2n) is 19.4. The van der Waals surface area contributed by atoms with Crippen LogP contribution in [0, 0.1) is 6.57 Å². The Morgan fingerprint density at radius 1 is 0.471 bits per heavy atom. The number of rotatable bonds is 4. The number of benzene rings is 8. The van der Waals surface area contributed by atoms with Gasteiger partial charge >= 0.3 is 15.6 Å². The Labute approximate surface area is 399 Å². The molecule has 348 valence electrons. The molecule has 0 saturated carbocycles. The van der Waals surface area contributed by atoms with Crippen LogP contribution in [0.25, 0.3) is 115 Å². The van der Waals surface area contributed by atoms with Crippen LogP contribution >= 0.6 is 0 Å². The molecule has 0 atom stereocenters. The molecule has 0 aliphatic carbocycles. The standard InChI is InChI=1S/C29H21F3O5S.C29H21NO2/c1-28(2,3)16-11-12-22-20(15-16)17-8-6-9-19(27(17)36-22)26-24(37-38(33,34)29(30,31)32)14-13-23-25(26)18-7-4-5-10-21(18)35-23;1-29(2,3)17-12-14-24-21(16-17)18-9-7-10-20(28(18)32-24)26-22(30-4)13-15-25-27(26)19-8-5-6-11-23(19)31-25/h4-15H,1-3H3;5-16H,1-3H3. The lowest BCUT2D eigenvalue weighted by Crippen LogP contribution is -2.28. The summed E-state index contributed by atoms with van der Waals surface area (Å²) in [7, 11) is -5.95. The number of hydrogen-bond donors (Lipinski definition) is 0. The van der Waals surface area contributed by atoms with Crippen LogP contribution in [-0.4, -0.2) is 13.9 Å². The molecule has 0 spiro atoms. The molecule has 12 rings (SSSR count). The topological polar surface area (TPSA) is 100 Å². The van der Waals surface area contributed by atoms with Crippen LogP contribution < -0.4 is 4.18 Å². The lowest BCUT2D eigenvalue weighted by atomic mass is 9.86. The van der Waals surface area contributed by atoms with Gasteiger partial charge in [-0.25, -0.2) is 4.85 Å². The molecule has 0 unspecified atom stereocenters. The van der Waals surface area contributed by atoms with Gasteiger partial charge in [-0.3, -0.25) is 0 Å². The van der Waals surface area contributed by atoms with Crippen LogP contribution in [0.5, 0.6) is 5.75 Å². The van der Waals surface area contributed by atoms with Crippen molar-refractivity contribution in [2.45, 2.75) is 57.9 Å². The van der Waals surface area contributed by atoms with Crippen molar-refractivity contribution in [3.8, 4) is 28.0 Å². The Bertz CT molecular complexity index is 4260. The van der Waals surface area contributed by atoms with E-state index in [0.717, 1.165) is 71.3 Å². The summed E-state index contributed by atoms with van der Waals surface area (Å²) in [4.78, 5) is 3.86. The van der Waals surface area contributed by atoms with Crippen LogP contribution in [0.3, 0.4) is 0 Å². The van der Waals surface area contributed by atoms with Gasteiger partial charge in [0.2, 0.25) is 0 Å². The smallest absolute Gasteiger partial charge is 0.456 e. The molecule has 0 aliphatic heterocycles. The molecule has 4 heterocycles. The highest BCUT2D eigenvalue weighted by molar-refractivity contribution is 7.88. The summed E-state index contributed by atoms with van der Waals surface area (Å²) in [5, 5.41) is 6.70. The van der Waals surface area contributed by atoms with Gasteiger partial charge in [-0.1, -0.05) is 133 Å². The maximum absolute atomic E-state index is 13.3. The predicted molar refractivity (Wildman–Crippen MR) is 272 cm³/mol. The highest BCUT2D eigenvalue weighted by atomic mass is 32.2. The molecular formula is C58H42F3NO7S. The predicted octanol–water partition coefficient (Wildman–Crippen LogP) is 17.7. The van der Waals surface area contributed by atoms with E-state index in [1.54, 1.807) is 36.4 Å². The summed E-state index contributed by atoms with van der Waals surface area (Å²) < 4.78 is 93.6. The minimum absolute atomic E-state index is 0.0496. The summed E-state index contributed by atoms with van der Waals surface area (Å²) in [6.07, 6.45) is 0. The minimum atomic E-state index is -5.95. The highest BCUT2D eigenvalue weighted by Gasteiger charge is 2.49. The van der Waals surface area contributed by atoms with Gasteiger partial charge in [0.1, 0.15) is 44.7 Å². The van der Waals surface area contributed by atoms with Gasteiger partial charge in [0.15, 0.2) is 11.4 Å². The molecule has 0 N–H and O–H groups in total. The zero-order valence-corrected chi connectivity index (χ0v) is 39.5. The SMILES string of the molecule is CC(C)(C)c1ccc2oc3c(-c4c(OS(=O)(=O)C(F)(F)F)ccc5oc6ccccc6c45)cccc3c2c1.[C-]#[N+]c1ccc2oc3ccccc3c2c1-c1cccc2c1oc1ccc(C(C)(C)C)cc12. The second kappa shape index (κ2) is 15.8. The zero-order chi connectivity index (χ0) is 49.1. The lowest BCUT2D eigenvalue weighted by molar-refractivity contribution is -0.0499. The van der Waals surface area contributed by atoms with Crippen LogP contribution in [-0.2, 0) is 20.9 Å². The monoisotopic (exact) mass is 953 g/mol. The third-order valence-electron chi connectivity index (χ3n) is 12.9. The van der Waals surface area contributed by atoms with E-state index in [-0.39, 0.29) is 16.4 Å². The average Bonchev–Trinajstić information content (AvgIpc) is 4.10. The second-order valence-corrected chi connectivity index (χ2v) is 21.0. The fourth-order valence-electron chi connectivity index (χ4n) is 9.40. The van der Waals surface area contributed by atoms with Gasteiger partial charge in [-0.05, 0) is 76.6 Å². The molecule has 0 radical (unpaired) electrons. The van der Waals surface area contributed by atoms with Gasteiger partial charge in [0.05, 0.1) is 6.57 Å². The Hall–Kier alpha value is -8.01. The molecule has 70 heavy (non-hydrogen) atoms. The van der Waals surface area contributed by atoms with Gasteiger partial charge < -0.3 is 21.9 Å². The summed E-state index contributed by atoms with van der Waals surface area (Å²) in [5.74, 6) is -0.482. The number of hydrogen-bond acceptors (Lipinski definition) is 7. The summed E-state index contributed by atoms with van der Waals surface area (Å²) in [6.45, 7) is 20.8. The summed E-state index contributed by atoms with van der Waals surface area (Å²) in [6, 6.07) is 45.0. The molecule has 4 aromatic heterocycles. The van der Waals surface area contributed by atoms with Crippen LogP contribution in [0.15, 0.2) is 163 Å². The van der Waals surface area contributed by atoms with Gasteiger partial charge in [-0.15, -0.1) is 0 Å². The Kier molecular flexibility index (Phi) is 10.0. The maximum Gasteiger partial charge on any atom is 0.534 e. The summed E-state index contributed by atoms with van der Waals surface area (Å²) in [5.41, 5.74) is 4.63. The Balaban J connectivity index is 0.000000154. The quantitative estimate of drug-likeness (QED) is 0.0984. The Morgan fingerprint density at radius 2 is 0.900 bits per heavy atom. The van der Waals surface area contributed by atoms with Crippen LogP contribution in [0.1, 0.15) is 52.7 Å². The average molecular weight is 954 g/mol. The van der Waals surface area contributed by atoms with E-state index in [4.69, 9.17) is 28.4 Å². The van der Waals surface area contributed by atoms with Gasteiger partial charge in [-0.2, -0.15) is 21.6 Å². The molecule has 0 aliphatic rings. The first-order valence-electron chi connectivity index (χ1n) is 22.5. The summed E-state index contributed by atoms with van der Waals surface area (Å²) >= 11 is 0. The zero-order valence-electron chi connectivity index (χ0n) is 38.7. The van der Waals surface area contributed by atoms with Gasteiger partial charge in [0.25, 0.3) is 0 Å². The normalized spacial score (nSPS) is 12.7. The molecule has 0 saturated heterocycles. The number of para-hydroxylation sites is 4. The molecule has 0 fully saturated rings. The maximum atomic E-state index is 13.3. The molecule has 8 aromatic carbocycles. The van der Waals surface area contributed by atoms with Crippen LogP contribution in [0.4, 0.5) is 18.9 Å². The third kappa shape index (κ3) is 7.22.